The van der Waals surface area contributed by atoms with Crippen LogP contribution < -0.4 is 0 Å². The zero-order valence-electron chi connectivity index (χ0n) is 12.8. The van der Waals surface area contributed by atoms with Gasteiger partial charge in [0.05, 0.1) is 24.8 Å². The Morgan fingerprint density at radius 2 is 1.61 bits per heavy atom. The fourth-order valence-corrected chi connectivity index (χ4v) is 2.50. The van der Waals surface area contributed by atoms with E-state index in [9.17, 15) is 5.26 Å². The first kappa shape index (κ1) is 15.0. The molecule has 0 aromatic heterocycles. The molecule has 0 aliphatic rings. The predicted octanol–water partition coefficient (Wildman–Crippen LogP) is 4.94. The van der Waals surface area contributed by atoms with Gasteiger partial charge in [0.15, 0.2) is 0 Å². The maximum Gasteiger partial charge on any atom is 0.0995 e. The van der Waals surface area contributed by atoms with Gasteiger partial charge in [0, 0.05) is 0 Å². The van der Waals surface area contributed by atoms with Crippen molar-refractivity contribution in [3.05, 3.63) is 89.5 Å². The van der Waals surface area contributed by atoms with Crippen molar-refractivity contribution in [2.75, 3.05) is 6.61 Å². The Morgan fingerprint density at radius 1 is 0.913 bits per heavy atom. The van der Waals surface area contributed by atoms with Crippen LogP contribution in [0.1, 0.15) is 16.7 Å². The lowest BCUT2D eigenvalue weighted by Gasteiger charge is -2.07. The minimum atomic E-state index is 0.437. The van der Waals surface area contributed by atoms with Gasteiger partial charge in [-0.2, -0.15) is 5.26 Å². The zero-order chi connectivity index (χ0) is 15.9. The molecule has 0 radical (unpaired) electrons. The van der Waals surface area contributed by atoms with Gasteiger partial charge in [0.2, 0.25) is 0 Å². The number of nitrogens with zero attached hydrogens (tertiary/aromatic N) is 1. The lowest BCUT2D eigenvalue weighted by molar-refractivity contribution is 0.149. The Hall–Kier alpha value is -2.89. The van der Waals surface area contributed by atoms with Crippen LogP contribution in [-0.4, -0.2) is 6.61 Å². The number of nitriles is 1. The number of benzene rings is 3. The molecule has 3 rings (SSSR count). The maximum absolute atomic E-state index is 9.31. The van der Waals surface area contributed by atoms with Gasteiger partial charge in [-0.05, 0) is 34.0 Å². The van der Waals surface area contributed by atoms with Gasteiger partial charge in [0.1, 0.15) is 0 Å². The van der Waals surface area contributed by atoms with Gasteiger partial charge in [0.25, 0.3) is 0 Å². The highest BCUT2D eigenvalue weighted by Crippen LogP contribution is 2.20. The molecule has 0 unspecified atom stereocenters. The second-order valence-corrected chi connectivity index (χ2v) is 5.30. The third kappa shape index (κ3) is 3.85. The third-order valence-electron chi connectivity index (χ3n) is 3.67. The van der Waals surface area contributed by atoms with Crippen molar-refractivity contribution in [2.45, 2.75) is 6.61 Å². The van der Waals surface area contributed by atoms with Crippen LogP contribution in [0.15, 0.2) is 72.8 Å². The molecule has 0 atom stereocenters. The van der Waals surface area contributed by atoms with Crippen molar-refractivity contribution >= 4 is 16.8 Å². The number of ether oxygens (including phenoxy) is 1. The Morgan fingerprint density at radius 3 is 2.35 bits per heavy atom. The number of hydrogen-bond acceptors (Lipinski definition) is 2. The highest BCUT2D eigenvalue weighted by atomic mass is 16.5. The van der Waals surface area contributed by atoms with E-state index in [0.29, 0.717) is 18.8 Å². The van der Waals surface area contributed by atoms with Crippen molar-refractivity contribution in [1.29, 1.82) is 5.26 Å². The first-order chi connectivity index (χ1) is 11.4. The molecule has 2 heteroatoms. The van der Waals surface area contributed by atoms with Gasteiger partial charge in [-0.3, -0.25) is 0 Å². The van der Waals surface area contributed by atoms with Gasteiger partial charge < -0.3 is 4.74 Å². The lowest BCUT2D eigenvalue weighted by Crippen LogP contribution is -1.96. The van der Waals surface area contributed by atoms with Crippen molar-refractivity contribution in [2.24, 2.45) is 0 Å². The van der Waals surface area contributed by atoms with E-state index >= 15 is 0 Å². The summed E-state index contributed by atoms with van der Waals surface area (Å²) in [6.07, 6.45) is 4.02. The monoisotopic (exact) mass is 299 g/mol. The molecule has 0 heterocycles. The minimum absolute atomic E-state index is 0.437. The van der Waals surface area contributed by atoms with Crippen molar-refractivity contribution in [3.63, 3.8) is 0 Å². The summed E-state index contributed by atoms with van der Waals surface area (Å²) in [4.78, 5) is 0. The Labute approximate surface area is 136 Å². The molecule has 0 amide bonds. The summed E-state index contributed by atoms with van der Waals surface area (Å²) in [6, 6.07) is 24.4. The third-order valence-corrected chi connectivity index (χ3v) is 3.67. The van der Waals surface area contributed by atoms with Gasteiger partial charge in [-0.1, -0.05) is 66.7 Å². The van der Waals surface area contributed by atoms with Crippen LogP contribution in [-0.2, 0) is 11.3 Å². The van der Waals surface area contributed by atoms with Gasteiger partial charge in [-0.15, -0.1) is 0 Å². The van der Waals surface area contributed by atoms with E-state index < -0.39 is 0 Å². The van der Waals surface area contributed by atoms with E-state index in [0.717, 1.165) is 21.9 Å². The summed E-state index contributed by atoms with van der Waals surface area (Å²) < 4.78 is 5.69. The first-order valence-corrected chi connectivity index (χ1v) is 7.58. The molecule has 3 aromatic rings. The molecular weight excluding hydrogens is 282 g/mol. The van der Waals surface area contributed by atoms with Crippen molar-refractivity contribution in [1.82, 2.24) is 0 Å². The first-order valence-electron chi connectivity index (χ1n) is 7.58. The highest BCUT2D eigenvalue weighted by Gasteiger charge is 2.04. The van der Waals surface area contributed by atoms with Crippen LogP contribution in [0.3, 0.4) is 0 Å². The summed E-state index contributed by atoms with van der Waals surface area (Å²) in [5.41, 5.74) is 2.76. The molecule has 2 nitrogen and oxygen atoms in total. The van der Waals surface area contributed by atoms with E-state index in [1.807, 2.05) is 72.8 Å². The van der Waals surface area contributed by atoms with E-state index in [-0.39, 0.29) is 0 Å². The second-order valence-electron chi connectivity index (χ2n) is 5.30. The standard InChI is InChI=1S/C21H17NO/c22-15-20-13-18-10-4-5-11-19(18)14-21(20)16-23-12-6-9-17-7-2-1-3-8-17/h1-11,13-14H,12,16H2/b9-6+. The van der Waals surface area contributed by atoms with Crippen LogP contribution in [0.2, 0.25) is 0 Å². The topological polar surface area (TPSA) is 33.0 Å². The largest absolute Gasteiger partial charge is 0.373 e. The molecule has 23 heavy (non-hydrogen) atoms. The quantitative estimate of drug-likeness (QED) is 0.625. The predicted molar refractivity (Wildman–Crippen MR) is 93.8 cm³/mol. The average molecular weight is 299 g/mol. The molecule has 0 aliphatic carbocycles. The summed E-state index contributed by atoms with van der Waals surface area (Å²) in [5.74, 6) is 0. The summed E-state index contributed by atoms with van der Waals surface area (Å²) in [6.45, 7) is 0.958. The molecule has 0 saturated carbocycles. The minimum Gasteiger partial charge on any atom is -0.373 e. The van der Waals surface area contributed by atoms with Crippen molar-refractivity contribution in [3.8, 4) is 6.07 Å². The van der Waals surface area contributed by atoms with E-state index in [2.05, 4.69) is 12.1 Å². The summed E-state index contributed by atoms with van der Waals surface area (Å²) in [7, 11) is 0. The number of fused-ring (bicyclic) bond motifs is 1. The maximum atomic E-state index is 9.31. The van der Waals surface area contributed by atoms with E-state index in [1.54, 1.807) is 0 Å². The molecule has 0 saturated heterocycles. The Kier molecular flexibility index (Phi) is 4.83. The highest BCUT2D eigenvalue weighted by molar-refractivity contribution is 5.84. The van der Waals surface area contributed by atoms with Crippen LogP contribution >= 0.6 is 0 Å². The van der Waals surface area contributed by atoms with Crippen LogP contribution in [0.25, 0.3) is 16.8 Å². The molecule has 0 fully saturated rings. The fraction of sp³-hybridized carbons (Fsp3) is 0.0952. The normalized spacial score (nSPS) is 10.9. The van der Waals surface area contributed by atoms with E-state index in [4.69, 9.17) is 4.74 Å². The lowest BCUT2D eigenvalue weighted by atomic mass is 10.0. The van der Waals surface area contributed by atoms with Crippen LogP contribution in [0.5, 0.6) is 0 Å². The van der Waals surface area contributed by atoms with Gasteiger partial charge in [-0.25, -0.2) is 0 Å². The second kappa shape index (κ2) is 7.40. The molecule has 0 aliphatic heterocycles. The molecule has 0 N–H and O–H groups in total. The smallest absolute Gasteiger partial charge is 0.0995 e. The molecule has 3 aromatic carbocycles. The van der Waals surface area contributed by atoms with E-state index in [1.165, 1.54) is 0 Å². The number of hydrogen-bond donors (Lipinski definition) is 0. The average Bonchev–Trinajstić information content (AvgIpc) is 2.61. The number of rotatable bonds is 5. The molecule has 0 bridgehead atoms. The van der Waals surface area contributed by atoms with Crippen LogP contribution in [0.4, 0.5) is 0 Å². The zero-order valence-corrected chi connectivity index (χ0v) is 12.8. The molecule has 112 valence electrons. The summed E-state index contributed by atoms with van der Waals surface area (Å²) >= 11 is 0. The molecule has 0 spiro atoms. The summed E-state index contributed by atoms with van der Waals surface area (Å²) in [5, 5.41) is 11.5. The Bertz CT molecular complexity index is 860. The SMILES string of the molecule is N#Cc1cc2ccccc2cc1COC/C=C/c1ccccc1. The van der Waals surface area contributed by atoms with Crippen LogP contribution in [0, 0.1) is 11.3 Å². The Balaban J connectivity index is 1.65. The van der Waals surface area contributed by atoms with Gasteiger partial charge >= 0.3 is 0 Å². The fourth-order valence-electron chi connectivity index (χ4n) is 2.50. The molecular formula is C21H17NO. The van der Waals surface area contributed by atoms with Crippen molar-refractivity contribution < 1.29 is 4.74 Å².